The van der Waals surface area contributed by atoms with E-state index in [1.165, 1.54) is 43.4 Å². The largest absolute Gasteiger partial charge is 0.309 e. The van der Waals surface area contributed by atoms with E-state index in [0.29, 0.717) is 17.5 Å². The van der Waals surface area contributed by atoms with E-state index in [4.69, 9.17) is 15.0 Å². The van der Waals surface area contributed by atoms with Gasteiger partial charge in [-0.3, -0.25) is 0 Å². The number of hydrogen-bond acceptors (Lipinski definition) is 3. The molecule has 4 nitrogen and oxygen atoms in total. The molecule has 4 heteroatoms. The molecule has 0 aliphatic heterocycles. The molecule has 0 fully saturated rings. The van der Waals surface area contributed by atoms with Gasteiger partial charge in [0.05, 0.1) is 11.2 Å². The molecule has 0 bridgehead atoms. The predicted molar refractivity (Wildman–Crippen MR) is 282 cm³/mol. The van der Waals surface area contributed by atoms with Crippen molar-refractivity contribution in [3.05, 3.63) is 248 Å². The Morgan fingerprint density at radius 1 is 0.343 bits per heavy atom. The summed E-state index contributed by atoms with van der Waals surface area (Å²) in [7, 11) is 0. The number of rotatable bonds is 9. The minimum Gasteiger partial charge on any atom is -0.309 e. The van der Waals surface area contributed by atoms with Crippen LogP contribution in [-0.2, 0) is 0 Å². The number of para-hydroxylation sites is 1. The van der Waals surface area contributed by atoms with Crippen molar-refractivity contribution in [3.63, 3.8) is 0 Å². The van der Waals surface area contributed by atoms with Crippen molar-refractivity contribution in [2.45, 2.75) is 0 Å². The highest BCUT2D eigenvalue weighted by Crippen LogP contribution is 2.39. The molecule has 0 radical (unpaired) electrons. The van der Waals surface area contributed by atoms with Crippen molar-refractivity contribution in [1.29, 1.82) is 0 Å². The van der Waals surface area contributed by atoms with Gasteiger partial charge in [-0.1, -0.05) is 219 Å². The van der Waals surface area contributed by atoms with Gasteiger partial charge in [0, 0.05) is 33.3 Å². The van der Waals surface area contributed by atoms with E-state index in [-0.39, 0.29) is 0 Å². The van der Waals surface area contributed by atoms with Gasteiger partial charge in [-0.2, -0.15) is 0 Å². The summed E-state index contributed by atoms with van der Waals surface area (Å²) in [4.78, 5) is 14.8. The van der Waals surface area contributed by atoms with Crippen LogP contribution < -0.4 is 0 Å². The molecule has 2 aromatic heterocycles. The van der Waals surface area contributed by atoms with Crippen LogP contribution in [0.1, 0.15) is 16.8 Å². The molecule has 12 aromatic rings. The van der Waals surface area contributed by atoms with Crippen LogP contribution in [0.2, 0.25) is 0 Å². The standard InChI is InChI=1S/C63H42N4/c1-2-50-57-30-15-16-31-59(57)67(60(50)39-37-43-18-9-10-25-51(43)48-36-38-56-54-28-12-11-26-52(54)53-27-13-14-29-55(53)58(56)41-48)49-24-17-23-47(40-49)42-32-34-46(35-33-42)63-65-61(44-19-5-3-6-20-44)64-62(66-63)45-21-7-4-8-22-45/h2-41H,1H2/b39-37+. The lowest BCUT2D eigenvalue weighted by Gasteiger charge is -2.14. The fourth-order valence-electron chi connectivity index (χ4n) is 9.66. The second-order valence-corrected chi connectivity index (χ2v) is 16.8. The Labute approximate surface area is 389 Å². The first-order valence-electron chi connectivity index (χ1n) is 22.6. The third-order valence-corrected chi connectivity index (χ3v) is 12.9. The molecule has 67 heavy (non-hydrogen) atoms. The zero-order valence-corrected chi connectivity index (χ0v) is 36.6. The maximum absolute atomic E-state index is 4.96. The van der Waals surface area contributed by atoms with Crippen LogP contribution in [0.3, 0.4) is 0 Å². The third-order valence-electron chi connectivity index (χ3n) is 12.9. The van der Waals surface area contributed by atoms with Crippen molar-refractivity contribution in [1.82, 2.24) is 19.5 Å². The van der Waals surface area contributed by atoms with Crippen molar-refractivity contribution in [2.75, 3.05) is 0 Å². The van der Waals surface area contributed by atoms with E-state index >= 15 is 0 Å². The van der Waals surface area contributed by atoms with Gasteiger partial charge in [-0.05, 0) is 90.5 Å². The minimum absolute atomic E-state index is 0.629. The van der Waals surface area contributed by atoms with Gasteiger partial charge in [0.2, 0.25) is 0 Å². The average molecular weight is 855 g/mol. The molecule has 2 heterocycles. The Morgan fingerprint density at radius 2 is 0.821 bits per heavy atom. The Kier molecular flexibility index (Phi) is 9.96. The monoisotopic (exact) mass is 854 g/mol. The first-order chi connectivity index (χ1) is 33.2. The zero-order valence-electron chi connectivity index (χ0n) is 36.6. The Bertz CT molecular complexity index is 3770. The molecule has 12 rings (SSSR count). The van der Waals surface area contributed by atoms with E-state index in [2.05, 4.69) is 187 Å². The van der Waals surface area contributed by atoms with Crippen LogP contribution in [0.15, 0.2) is 231 Å². The highest BCUT2D eigenvalue weighted by molar-refractivity contribution is 6.25. The summed E-state index contributed by atoms with van der Waals surface area (Å²) in [6, 6.07) is 79.2. The summed E-state index contributed by atoms with van der Waals surface area (Å²) in [5.41, 5.74) is 12.8. The Morgan fingerprint density at radius 3 is 1.45 bits per heavy atom. The molecule has 0 saturated heterocycles. The van der Waals surface area contributed by atoms with Crippen molar-refractivity contribution in [3.8, 4) is 62.1 Å². The van der Waals surface area contributed by atoms with Crippen LogP contribution in [0, 0.1) is 0 Å². The molecule has 10 aromatic carbocycles. The van der Waals surface area contributed by atoms with Gasteiger partial charge in [0.25, 0.3) is 0 Å². The van der Waals surface area contributed by atoms with E-state index in [9.17, 15) is 0 Å². The van der Waals surface area contributed by atoms with E-state index in [0.717, 1.165) is 61.2 Å². The van der Waals surface area contributed by atoms with E-state index in [1.807, 2.05) is 66.7 Å². The summed E-state index contributed by atoms with van der Waals surface area (Å²) < 4.78 is 2.36. The van der Waals surface area contributed by atoms with Crippen molar-refractivity contribution >= 4 is 61.4 Å². The van der Waals surface area contributed by atoms with E-state index in [1.54, 1.807) is 0 Å². The van der Waals surface area contributed by atoms with Crippen LogP contribution >= 0.6 is 0 Å². The number of benzene rings is 10. The second-order valence-electron chi connectivity index (χ2n) is 16.8. The van der Waals surface area contributed by atoms with Gasteiger partial charge in [0.15, 0.2) is 17.5 Å². The number of aromatic nitrogens is 4. The van der Waals surface area contributed by atoms with Crippen LogP contribution in [0.4, 0.5) is 0 Å². The molecule has 0 aliphatic rings. The average Bonchev–Trinajstić information content (AvgIpc) is 3.74. The fourth-order valence-corrected chi connectivity index (χ4v) is 9.66. The highest BCUT2D eigenvalue weighted by atomic mass is 15.0. The molecule has 0 atom stereocenters. The number of hydrogen-bond donors (Lipinski definition) is 0. The molecule has 0 saturated carbocycles. The van der Waals surface area contributed by atoms with Crippen molar-refractivity contribution in [2.24, 2.45) is 0 Å². The summed E-state index contributed by atoms with van der Waals surface area (Å²) in [5, 5.41) is 8.77. The van der Waals surface area contributed by atoms with Gasteiger partial charge >= 0.3 is 0 Å². The molecular weight excluding hydrogens is 813 g/mol. The molecule has 0 aliphatic carbocycles. The van der Waals surface area contributed by atoms with Gasteiger partial charge < -0.3 is 4.57 Å². The first-order valence-corrected chi connectivity index (χ1v) is 22.6. The minimum atomic E-state index is 0.629. The lowest BCUT2D eigenvalue weighted by Crippen LogP contribution is -2.00. The molecule has 0 amide bonds. The molecule has 0 spiro atoms. The van der Waals surface area contributed by atoms with Gasteiger partial charge in [-0.15, -0.1) is 0 Å². The Balaban J connectivity index is 0.922. The SMILES string of the molecule is C=Cc1c(/C=C/c2ccccc2-c2ccc3c4ccccc4c4ccccc4c3c2)n(-c2cccc(-c3ccc(-c4nc(-c5ccccc5)nc(-c5ccccc5)n4)cc3)c2)c2ccccc12. The third kappa shape index (κ3) is 7.18. The maximum Gasteiger partial charge on any atom is 0.164 e. The summed E-state index contributed by atoms with van der Waals surface area (Å²) in [5.74, 6) is 1.91. The fraction of sp³-hybridized carbons (Fsp3) is 0. The van der Waals surface area contributed by atoms with Crippen molar-refractivity contribution < 1.29 is 0 Å². The lowest BCUT2D eigenvalue weighted by molar-refractivity contribution is 1.07. The lowest BCUT2D eigenvalue weighted by atomic mass is 9.91. The highest BCUT2D eigenvalue weighted by Gasteiger charge is 2.17. The normalized spacial score (nSPS) is 11.6. The maximum atomic E-state index is 4.96. The number of nitrogens with zero attached hydrogens (tertiary/aromatic N) is 4. The van der Waals surface area contributed by atoms with Crippen LogP contribution in [-0.4, -0.2) is 19.5 Å². The van der Waals surface area contributed by atoms with E-state index < -0.39 is 0 Å². The summed E-state index contributed by atoms with van der Waals surface area (Å²) in [6.07, 6.45) is 6.49. The first kappa shape index (κ1) is 39.6. The quantitative estimate of drug-likeness (QED) is 0.136. The van der Waals surface area contributed by atoms with Gasteiger partial charge in [0.1, 0.15) is 0 Å². The predicted octanol–water partition coefficient (Wildman–Crippen LogP) is 16.4. The second kappa shape index (κ2) is 16.9. The molecule has 0 N–H and O–H groups in total. The van der Waals surface area contributed by atoms with Crippen LogP contribution in [0.25, 0.3) is 124 Å². The number of fused-ring (bicyclic) bond motifs is 7. The smallest absolute Gasteiger partial charge is 0.164 e. The van der Waals surface area contributed by atoms with Crippen LogP contribution in [0.5, 0.6) is 0 Å². The summed E-state index contributed by atoms with van der Waals surface area (Å²) >= 11 is 0. The topological polar surface area (TPSA) is 43.6 Å². The Hall–Kier alpha value is -8.99. The molecular formula is C63H42N4. The zero-order chi connectivity index (χ0) is 44.7. The molecule has 0 unspecified atom stereocenters. The molecule has 314 valence electrons. The van der Waals surface area contributed by atoms with Gasteiger partial charge in [-0.25, -0.2) is 15.0 Å². The summed E-state index contributed by atoms with van der Waals surface area (Å²) in [6.45, 7) is 4.33.